The van der Waals surface area contributed by atoms with E-state index < -0.39 is 30.5 Å². The van der Waals surface area contributed by atoms with Crippen LogP contribution >= 0.6 is 0 Å². The fourth-order valence-electron chi connectivity index (χ4n) is 2.20. The van der Waals surface area contributed by atoms with E-state index in [-0.39, 0.29) is 18.0 Å². The maximum absolute atomic E-state index is 12.8. The molecule has 0 radical (unpaired) electrons. The minimum Gasteiger partial charge on any atom is -0.380 e. The Balaban J connectivity index is 2.13. The maximum atomic E-state index is 12.8. The van der Waals surface area contributed by atoms with Gasteiger partial charge in [-0.2, -0.15) is 8.78 Å². The Morgan fingerprint density at radius 1 is 0.923 bits per heavy atom. The number of para-hydroxylation sites is 1. The van der Waals surface area contributed by atoms with Gasteiger partial charge in [0.1, 0.15) is 0 Å². The van der Waals surface area contributed by atoms with Crippen LogP contribution in [0, 0.1) is 0 Å². The molecule has 0 aliphatic rings. The average molecular weight is 404 g/mol. The lowest BCUT2D eigenvalue weighted by Crippen LogP contribution is -2.20. The summed E-state index contributed by atoms with van der Waals surface area (Å²) >= 11 is 0. The third kappa shape index (κ3) is 4.99. The van der Waals surface area contributed by atoms with Crippen molar-refractivity contribution in [2.75, 3.05) is 12.4 Å². The summed E-state index contributed by atoms with van der Waals surface area (Å²) in [5, 5.41) is 2.83. The molecule has 0 aromatic heterocycles. The van der Waals surface area contributed by atoms with Gasteiger partial charge in [-0.05, 0) is 30.3 Å². The van der Waals surface area contributed by atoms with Crippen LogP contribution in [0.4, 0.5) is 14.5 Å². The molecule has 0 saturated heterocycles. The van der Waals surface area contributed by atoms with Gasteiger partial charge in [-0.25, -0.2) is 21.6 Å². The monoisotopic (exact) mass is 404 g/mol. The second-order valence-electron chi connectivity index (χ2n) is 5.44. The van der Waals surface area contributed by atoms with Gasteiger partial charge in [0.15, 0.2) is 0 Å². The van der Waals surface area contributed by atoms with Crippen molar-refractivity contribution in [3.8, 4) is 0 Å². The first-order chi connectivity index (χ1) is 12.2. The summed E-state index contributed by atoms with van der Waals surface area (Å²) in [6.07, 6.45) is 0. The van der Waals surface area contributed by atoms with Crippen LogP contribution in [0.2, 0.25) is 0 Å². The molecule has 2 aromatic carbocycles. The molecule has 0 bridgehead atoms. The fraction of sp³-hybridized carbons (Fsp3) is 0.250. The van der Waals surface area contributed by atoms with Crippen molar-refractivity contribution in [1.82, 2.24) is 4.72 Å². The normalized spacial score (nSPS) is 12.3. The topological polar surface area (TPSA) is 92.3 Å². The Hall–Kier alpha value is -2.04. The highest BCUT2D eigenvalue weighted by molar-refractivity contribution is 7.91. The molecule has 26 heavy (non-hydrogen) atoms. The average Bonchev–Trinajstić information content (AvgIpc) is 2.61. The summed E-state index contributed by atoms with van der Waals surface area (Å²) in [5.74, 6) is -3.66. The summed E-state index contributed by atoms with van der Waals surface area (Å²) in [6, 6.07) is 12.1. The van der Waals surface area contributed by atoms with E-state index in [0.29, 0.717) is 5.56 Å². The molecule has 0 spiro atoms. The third-order valence-corrected chi connectivity index (χ3v) is 6.38. The Morgan fingerprint density at radius 2 is 1.50 bits per heavy atom. The van der Waals surface area contributed by atoms with Gasteiger partial charge in [-0.3, -0.25) is 0 Å². The van der Waals surface area contributed by atoms with E-state index in [1.165, 1.54) is 19.2 Å². The molecule has 0 saturated carbocycles. The fourth-order valence-corrected chi connectivity index (χ4v) is 3.88. The van der Waals surface area contributed by atoms with Crippen LogP contribution in [0.1, 0.15) is 11.1 Å². The highest BCUT2D eigenvalue weighted by atomic mass is 32.2. The number of sulfone groups is 1. The predicted octanol–water partition coefficient (Wildman–Crippen LogP) is 2.34. The molecule has 0 fully saturated rings. The minimum atomic E-state index is -4.71. The number of halogens is 2. The van der Waals surface area contributed by atoms with Crippen LogP contribution in [0.3, 0.4) is 0 Å². The lowest BCUT2D eigenvalue weighted by atomic mass is 10.1. The van der Waals surface area contributed by atoms with Gasteiger partial charge < -0.3 is 5.32 Å². The lowest BCUT2D eigenvalue weighted by molar-refractivity contribution is 0.235. The van der Waals surface area contributed by atoms with E-state index >= 15 is 0 Å². The standard InChI is InChI=1S/C16H18F2N2O4S2/c1-19-25(21,22)11-13-8-6-12(7-9-13)10-20-14-4-2-3-5-15(14)26(23,24)16(17)18/h2-9,16,19-20H,10-11H2,1H3. The smallest absolute Gasteiger partial charge is 0.341 e. The van der Waals surface area contributed by atoms with Crippen molar-refractivity contribution in [3.63, 3.8) is 0 Å². The van der Waals surface area contributed by atoms with E-state index in [4.69, 9.17) is 0 Å². The first-order valence-corrected chi connectivity index (χ1v) is 10.7. The molecule has 0 aliphatic carbocycles. The minimum absolute atomic E-state index is 0.0784. The van der Waals surface area contributed by atoms with E-state index in [9.17, 15) is 25.6 Å². The van der Waals surface area contributed by atoms with Gasteiger partial charge in [0, 0.05) is 6.54 Å². The number of sulfonamides is 1. The summed E-state index contributed by atoms with van der Waals surface area (Å²) in [4.78, 5) is -0.466. The van der Waals surface area contributed by atoms with E-state index in [1.54, 1.807) is 30.3 Å². The molecule has 0 atom stereocenters. The van der Waals surface area contributed by atoms with E-state index in [2.05, 4.69) is 10.0 Å². The quantitative estimate of drug-likeness (QED) is 0.705. The van der Waals surface area contributed by atoms with E-state index in [1.807, 2.05) is 0 Å². The molecule has 0 unspecified atom stereocenters. The molecule has 142 valence electrons. The Labute approximate surface area is 151 Å². The second-order valence-corrected chi connectivity index (χ2v) is 9.25. The number of anilines is 1. The summed E-state index contributed by atoms with van der Waals surface area (Å²) in [7, 11) is -6.75. The summed E-state index contributed by atoms with van der Waals surface area (Å²) in [5.41, 5.74) is 1.40. The molecule has 6 nitrogen and oxygen atoms in total. The second kappa shape index (κ2) is 8.11. The number of benzene rings is 2. The molecular formula is C16H18F2N2O4S2. The van der Waals surface area contributed by atoms with Gasteiger partial charge in [-0.15, -0.1) is 0 Å². The number of hydrogen-bond acceptors (Lipinski definition) is 5. The summed E-state index contributed by atoms with van der Waals surface area (Å²) < 4.78 is 74.2. The lowest BCUT2D eigenvalue weighted by Gasteiger charge is -2.12. The van der Waals surface area contributed by atoms with Gasteiger partial charge in [-0.1, -0.05) is 36.4 Å². The molecular weight excluding hydrogens is 386 g/mol. The highest BCUT2D eigenvalue weighted by Gasteiger charge is 2.28. The SMILES string of the molecule is CNS(=O)(=O)Cc1ccc(CNc2ccccc2S(=O)(=O)C(F)F)cc1. The zero-order chi connectivity index (χ0) is 19.4. The third-order valence-electron chi connectivity index (χ3n) is 3.60. The largest absolute Gasteiger partial charge is 0.380 e. The molecule has 2 aromatic rings. The van der Waals surface area contributed by atoms with Crippen molar-refractivity contribution in [2.24, 2.45) is 0 Å². The molecule has 0 amide bonds. The van der Waals surface area contributed by atoms with Crippen molar-refractivity contribution >= 4 is 25.5 Å². The van der Waals surface area contributed by atoms with Crippen molar-refractivity contribution in [1.29, 1.82) is 0 Å². The van der Waals surface area contributed by atoms with Gasteiger partial charge in [0.2, 0.25) is 19.9 Å². The Morgan fingerprint density at radius 3 is 2.08 bits per heavy atom. The van der Waals surface area contributed by atoms with Gasteiger partial charge in [0.05, 0.1) is 16.3 Å². The molecule has 10 heteroatoms. The Bertz CT molecular complexity index is 960. The van der Waals surface area contributed by atoms with Crippen molar-refractivity contribution in [3.05, 3.63) is 59.7 Å². The van der Waals surface area contributed by atoms with Crippen molar-refractivity contribution < 1.29 is 25.6 Å². The van der Waals surface area contributed by atoms with Crippen LogP contribution in [-0.2, 0) is 32.2 Å². The predicted molar refractivity (Wildman–Crippen MR) is 95.1 cm³/mol. The first kappa shape index (κ1) is 20.3. The number of alkyl halides is 2. The van der Waals surface area contributed by atoms with Crippen molar-refractivity contribution in [2.45, 2.75) is 23.0 Å². The first-order valence-electron chi connectivity index (χ1n) is 7.50. The van der Waals surface area contributed by atoms with Gasteiger partial charge >= 0.3 is 5.76 Å². The molecule has 0 aliphatic heterocycles. The van der Waals surface area contributed by atoms with Crippen LogP contribution < -0.4 is 10.0 Å². The molecule has 2 rings (SSSR count). The number of nitrogens with one attached hydrogen (secondary N) is 2. The summed E-state index contributed by atoms with van der Waals surface area (Å²) in [6.45, 7) is 0.189. The number of rotatable bonds is 8. The number of hydrogen-bond donors (Lipinski definition) is 2. The zero-order valence-corrected chi connectivity index (χ0v) is 15.4. The van der Waals surface area contributed by atoms with E-state index in [0.717, 1.165) is 11.6 Å². The Kier molecular flexibility index (Phi) is 6.32. The van der Waals surface area contributed by atoms with Crippen LogP contribution in [0.15, 0.2) is 53.4 Å². The van der Waals surface area contributed by atoms with Crippen LogP contribution in [0.25, 0.3) is 0 Å². The molecule has 2 N–H and O–H groups in total. The van der Waals surface area contributed by atoms with Crippen LogP contribution in [0.5, 0.6) is 0 Å². The van der Waals surface area contributed by atoms with Crippen LogP contribution in [-0.4, -0.2) is 29.6 Å². The van der Waals surface area contributed by atoms with Gasteiger partial charge in [0.25, 0.3) is 0 Å². The highest BCUT2D eigenvalue weighted by Crippen LogP contribution is 2.26. The molecule has 0 heterocycles. The zero-order valence-electron chi connectivity index (χ0n) is 13.8. The maximum Gasteiger partial charge on any atom is 0.341 e.